The molecule has 0 heteroatoms. The van der Waals surface area contributed by atoms with Gasteiger partial charge in [0.05, 0.1) is 0 Å². The molecule has 0 aromatic heterocycles. The number of hydrogen-bond acceptors (Lipinski definition) is 0. The van der Waals surface area contributed by atoms with Crippen LogP contribution in [0.4, 0.5) is 0 Å². The average molecular weight is 152 g/mol. The Morgan fingerprint density at radius 1 is 1.55 bits per heavy atom. The van der Waals surface area contributed by atoms with Gasteiger partial charge in [0.25, 0.3) is 0 Å². The van der Waals surface area contributed by atoms with Crippen molar-refractivity contribution in [1.82, 2.24) is 0 Å². The first-order valence-corrected chi connectivity index (χ1v) is 4.68. The summed E-state index contributed by atoms with van der Waals surface area (Å²) in [4.78, 5) is 0. The zero-order valence-electron chi connectivity index (χ0n) is 8.28. The van der Waals surface area contributed by atoms with E-state index < -0.39 is 0 Å². The molecule has 0 N–H and O–H groups in total. The molecule has 0 aliphatic heterocycles. The standard InChI is InChI=1S/C11H20/c1-5-9(2)6-7-10-8-11(10,3)4/h5,10H,6-8H2,1-4H3. The first kappa shape index (κ1) is 8.83. The van der Waals surface area contributed by atoms with Crippen LogP contribution in [0.3, 0.4) is 0 Å². The summed E-state index contributed by atoms with van der Waals surface area (Å²) in [5.74, 6) is 1.01. The van der Waals surface area contributed by atoms with E-state index >= 15 is 0 Å². The number of hydrogen-bond donors (Lipinski definition) is 0. The van der Waals surface area contributed by atoms with E-state index in [0.29, 0.717) is 5.41 Å². The summed E-state index contributed by atoms with van der Waals surface area (Å²) in [6, 6.07) is 0. The lowest BCUT2D eigenvalue weighted by molar-refractivity contribution is 0.532. The van der Waals surface area contributed by atoms with Crippen molar-refractivity contribution >= 4 is 0 Å². The Balaban J connectivity index is 2.16. The smallest absolute Gasteiger partial charge is 0.0320 e. The van der Waals surface area contributed by atoms with Crippen LogP contribution < -0.4 is 0 Å². The Bertz CT molecular complexity index is 163. The Morgan fingerprint density at radius 3 is 2.45 bits per heavy atom. The predicted molar refractivity (Wildman–Crippen MR) is 50.6 cm³/mol. The topological polar surface area (TPSA) is 0 Å². The molecule has 0 saturated heterocycles. The molecule has 1 fully saturated rings. The van der Waals surface area contributed by atoms with Crippen molar-refractivity contribution in [3.05, 3.63) is 11.6 Å². The van der Waals surface area contributed by atoms with E-state index in [9.17, 15) is 0 Å². The van der Waals surface area contributed by atoms with Crippen LogP contribution in [0.25, 0.3) is 0 Å². The lowest BCUT2D eigenvalue weighted by Crippen LogP contribution is -1.90. The highest BCUT2D eigenvalue weighted by Crippen LogP contribution is 2.54. The van der Waals surface area contributed by atoms with Gasteiger partial charge in [0.15, 0.2) is 0 Å². The molecule has 0 aromatic rings. The molecule has 1 atom stereocenters. The van der Waals surface area contributed by atoms with Gasteiger partial charge in [-0.1, -0.05) is 25.5 Å². The van der Waals surface area contributed by atoms with E-state index in [2.05, 4.69) is 33.8 Å². The molecule has 0 aromatic carbocycles. The van der Waals surface area contributed by atoms with Crippen LogP contribution >= 0.6 is 0 Å². The molecule has 0 amide bonds. The van der Waals surface area contributed by atoms with Gasteiger partial charge in [-0.2, -0.15) is 0 Å². The molecule has 0 nitrogen and oxygen atoms in total. The van der Waals surface area contributed by atoms with Crippen LogP contribution in [-0.4, -0.2) is 0 Å². The molecule has 64 valence electrons. The second-order valence-corrected chi connectivity index (χ2v) is 4.56. The minimum absolute atomic E-state index is 0.675. The molecule has 1 unspecified atom stereocenters. The molecule has 1 aliphatic rings. The van der Waals surface area contributed by atoms with Gasteiger partial charge in [0.2, 0.25) is 0 Å². The van der Waals surface area contributed by atoms with E-state index in [-0.39, 0.29) is 0 Å². The molecule has 0 spiro atoms. The predicted octanol–water partition coefficient (Wildman–Crippen LogP) is 3.78. The van der Waals surface area contributed by atoms with Gasteiger partial charge in [0.1, 0.15) is 0 Å². The van der Waals surface area contributed by atoms with Crippen LogP contribution in [0.5, 0.6) is 0 Å². The largest absolute Gasteiger partial charge is 0.0887 e. The summed E-state index contributed by atoms with van der Waals surface area (Å²) in [5, 5.41) is 0. The van der Waals surface area contributed by atoms with Crippen molar-refractivity contribution in [3.8, 4) is 0 Å². The third-order valence-corrected chi connectivity index (χ3v) is 3.10. The number of rotatable bonds is 3. The van der Waals surface area contributed by atoms with Gasteiger partial charge in [0, 0.05) is 0 Å². The first-order valence-electron chi connectivity index (χ1n) is 4.68. The summed E-state index contributed by atoms with van der Waals surface area (Å²) in [5.41, 5.74) is 2.22. The van der Waals surface area contributed by atoms with Crippen molar-refractivity contribution < 1.29 is 0 Å². The van der Waals surface area contributed by atoms with Crippen molar-refractivity contribution in [2.24, 2.45) is 11.3 Å². The summed E-state index contributed by atoms with van der Waals surface area (Å²) >= 11 is 0. The fourth-order valence-electron chi connectivity index (χ4n) is 1.62. The van der Waals surface area contributed by atoms with Crippen LogP contribution in [0.2, 0.25) is 0 Å². The van der Waals surface area contributed by atoms with E-state index in [1.807, 2.05) is 0 Å². The first-order chi connectivity index (χ1) is 5.06. The minimum atomic E-state index is 0.675. The molecule has 11 heavy (non-hydrogen) atoms. The highest BCUT2D eigenvalue weighted by atomic mass is 14.5. The van der Waals surface area contributed by atoms with Crippen LogP contribution in [0, 0.1) is 11.3 Å². The molecule has 1 aliphatic carbocycles. The normalized spacial score (nSPS) is 28.7. The maximum atomic E-state index is 2.38. The van der Waals surface area contributed by atoms with Gasteiger partial charge in [-0.3, -0.25) is 0 Å². The number of allylic oxidation sites excluding steroid dienone is 2. The molecule has 1 rings (SSSR count). The SMILES string of the molecule is CC=C(C)CCC1CC1(C)C. The Kier molecular flexibility index (Phi) is 2.41. The van der Waals surface area contributed by atoms with Crippen molar-refractivity contribution in [2.75, 3.05) is 0 Å². The van der Waals surface area contributed by atoms with Crippen LogP contribution in [0.15, 0.2) is 11.6 Å². The highest BCUT2D eigenvalue weighted by molar-refractivity contribution is 5.01. The molecule has 0 heterocycles. The zero-order valence-corrected chi connectivity index (χ0v) is 8.28. The lowest BCUT2D eigenvalue weighted by Gasteiger charge is -2.02. The second-order valence-electron chi connectivity index (χ2n) is 4.56. The van der Waals surface area contributed by atoms with Gasteiger partial charge >= 0.3 is 0 Å². The summed E-state index contributed by atoms with van der Waals surface area (Å²) in [7, 11) is 0. The second kappa shape index (κ2) is 3.00. The van der Waals surface area contributed by atoms with Crippen molar-refractivity contribution in [2.45, 2.75) is 47.0 Å². The quantitative estimate of drug-likeness (QED) is 0.540. The van der Waals surface area contributed by atoms with Crippen molar-refractivity contribution in [1.29, 1.82) is 0 Å². The fraction of sp³-hybridized carbons (Fsp3) is 0.818. The average Bonchev–Trinajstić information content (AvgIpc) is 2.54. The molecular formula is C11H20. The Morgan fingerprint density at radius 2 is 2.09 bits per heavy atom. The van der Waals surface area contributed by atoms with Crippen LogP contribution in [-0.2, 0) is 0 Å². The fourth-order valence-corrected chi connectivity index (χ4v) is 1.62. The summed E-state index contributed by atoms with van der Waals surface area (Å²) < 4.78 is 0. The molecule has 0 radical (unpaired) electrons. The lowest BCUT2D eigenvalue weighted by atomic mass is 10.0. The Hall–Kier alpha value is -0.260. The van der Waals surface area contributed by atoms with E-state index in [0.717, 1.165) is 5.92 Å². The van der Waals surface area contributed by atoms with Gasteiger partial charge in [-0.15, -0.1) is 0 Å². The molecule has 0 bridgehead atoms. The van der Waals surface area contributed by atoms with Crippen LogP contribution in [0.1, 0.15) is 47.0 Å². The summed E-state index contributed by atoms with van der Waals surface area (Å²) in [6.07, 6.45) is 6.40. The third kappa shape index (κ3) is 2.36. The van der Waals surface area contributed by atoms with Gasteiger partial charge < -0.3 is 0 Å². The van der Waals surface area contributed by atoms with Crippen molar-refractivity contribution in [3.63, 3.8) is 0 Å². The zero-order chi connectivity index (χ0) is 8.48. The van der Waals surface area contributed by atoms with E-state index in [4.69, 9.17) is 0 Å². The Labute approximate surface area is 70.7 Å². The maximum absolute atomic E-state index is 2.38. The molecular weight excluding hydrogens is 132 g/mol. The van der Waals surface area contributed by atoms with E-state index in [1.54, 1.807) is 5.57 Å². The highest BCUT2D eigenvalue weighted by Gasteiger charge is 2.44. The van der Waals surface area contributed by atoms with Gasteiger partial charge in [-0.25, -0.2) is 0 Å². The summed E-state index contributed by atoms with van der Waals surface area (Å²) in [6.45, 7) is 9.12. The van der Waals surface area contributed by atoms with Gasteiger partial charge in [-0.05, 0) is 44.4 Å². The molecule has 1 saturated carbocycles. The maximum Gasteiger partial charge on any atom is -0.0320 e. The van der Waals surface area contributed by atoms with E-state index in [1.165, 1.54) is 19.3 Å². The third-order valence-electron chi connectivity index (χ3n) is 3.10. The minimum Gasteiger partial charge on any atom is -0.0887 e. The monoisotopic (exact) mass is 152 g/mol.